The molecule has 18 rings (SSSR count). The molecule has 2 aromatic heterocycles. The van der Waals surface area contributed by atoms with Crippen LogP contribution in [0.15, 0.2) is 291 Å². The van der Waals surface area contributed by atoms with Crippen LogP contribution in [0.5, 0.6) is 0 Å². The van der Waals surface area contributed by atoms with Crippen molar-refractivity contribution in [2.45, 2.75) is 10.8 Å². The van der Waals surface area contributed by atoms with E-state index in [1.807, 2.05) is 11.3 Å². The van der Waals surface area contributed by atoms with Gasteiger partial charge in [0.1, 0.15) is 0 Å². The van der Waals surface area contributed by atoms with Gasteiger partial charge in [0.2, 0.25) is 0 Å². The molecule has 2 nitrogen and oxygen atoms in total. The van der Waals surface area contributed by atoms with E-state index in [-0.39, 0.29) is 0 Å². The smallest absolute Gasteiger partial charge is 0.0755 e. The molecule has 1 spiro atoms. The zero-order valence-corrected chi connectivity index (χ0v) is 44.8. The quantitative estimate of drug-likeness (QED) is 0.161. The number of aromatic nitrogens is 1. The van der Waals surface area contributed by atoms with E-state index in [2.05, 4.69) is 301 Å². The van der Waals surface area contributed by atoms with Gasteiger partial charge in [-0.3, -0.25) is 0 Å². The fourth-order valence-electron chi connectivity index (χ4n) is 15.2. The van der Waals surface area contributed by atoms with Crippen molar-refractivity contribution in [1.29, 1.82) is 0 Å². The van der Waals surface area contributed by atoms with Gasteiger partial charge in [0.15, 0.2) is 0 Å². The fraction of sp³-hybridized carbons (Fsp3) is 0.0256. The van der Waals surface area contributed by atoms with Gasteiger partial charge in [-0.05, 0) is 149 Å². The maximum Gasteiger partial charge on any atom is 0.0755 e. The van der Waals surface area contributed by atoms with E-state index in [4.69, 9.17) is 0 Å². The molecule has 1 aliphatic heterocycles. The topological polar surface area (TPSA) is 8.17 Å². The Kier molecular flexibility index (Phi) is 9.27. The van der Waals surface area contributed by atoms with E-state index in [0.717, 1.165) is 17.1 Å². The van der Waals surface area contributed by atoms with Crippen LogP contribution in [0.3, 0.4) is 0 Å². The summed E-state index contributed by atoms with van der Waals surface area (Å²) in [4.78, 5) is 2.53. The Morgan fingerprint density at radius 3 is 1.69 bits per heavy atom. The average Bonchev–Trinajstić information content (AvgIpc) is 3.54. The van der Waals surface area contributed by atoms with Crippen LogP contribution in [0.1, 0.15) is 44.5 Å². The Morgan fingerprint density at radius 1 is 0.309 bits per heavy atom. The van der Waals surface area contributed by atoms with Gasteiger partial charge in [0, 0.05) is 48.0 Å². The maximum atomic E-state index is 2.55. The summed E-state index contributed by atoms with van der Waals surface area (Å²) in [6, 6.07) is 110. The zero-order chi connectivity index (χ0) is 53.0. The van der Waals surface area contributed by atoms with Gasteiger partial charge in [0.05, 0.1) is 27.6 Å². The summed E-state index contributed by atoms with van der Waals surface area (Å²) < 4.78 is 5.16. The van der Waals surface area contributed by atoms with Crippen molar-refractivity contribution in [2.75, 3.05) is 4.90 Å². The first-order valence-electron chi connectivity index (χ1n) is 28.1. The highest BCUT2D eigenvalue weighted by atomic mass is 32.1. The molecule has 0 bridgehead atoms. The first kappa shape index (κ1) is 44.9. The van der Waals surface area contributed by atoms with E-state index in [0.29, 0.717) is 0 Å². The molecule has 1 atom stereocenters. The van der Waals surface area contributed by atoms with Gasteiger partial charge in [-0.15, -0.1) is 11.3 Å². The van der Waals surface area contributed by atoms with Gasteiger partial charge in [0.25, 0.3) is 0 Å². The van der Waals surface area contributed by atoms with Crippen molar-refractivity contribution in [3.8, 4) is 39.1 Å². The molecule has 0 fully saturated rings. The summed E-state index contributed by atoms with van der Waals surface area (Å²) in [7, 11) is 0. The average molecular weight is 1050 g/mol. The van der Waals surface area contributed by atoms with Gasteiger partial charge in [-0.25, -0.2) is 0 Å². The van der Waals surface area contributed by atoms with Crippen LogP contribution >= 0.6 is 11.3 Å². The molecule has 1 unspecified atom stereocenters. The molecule has 2 aliphatic carbocycles. The SMILES string of the molecule is c1ccc(C2(c3ccccc3)c3cc(N(c4ccc(-c5ccc6c(c5)sc5ccccc56)cc4)c4ccc5c(c4)C4(c6ccccc6-5)c5ccccc5-n5c6ccccc6c6cccc4c65)ccc3-c3c2ccc2ccccc32)cc1. The molecule has 0 N–H and O–H groups in total. The molecule has 0 saturated carbocycles. The van der Waals surface area contributed by atoms with Crippen LogP contribution in [0.2, 0.25) is 0 Å². The predicted octanol–water partition coefficient (Wildman–Crippen LogP) is 20.5. The standard InChI is InChI=1S/C78H48N2S/c1-3-19-52(20-4-1)77(53-21-5-2-6-22-53)67-45-37-50-18-7-8-23-57(50)75(67)64-44-41-56(48-70(64)77)79(54-38-34-49(35-39-54)51-36-42-62-61-26-11-16-33-73(61)81-74(62)46-51)55-40-43-59-58-24-9-12-28-65(58)78(69(59)47-55)66-29-13-15-32-72(66)80-71-31-14-10-25-60(71)63-27-17-30-68(78)76(63)80/h1-48H. The van der Waals surface area contributed by atoms with Crippen molar-refractivity contribution < 1.29 is 0 Å². The van der Waals surface area contributed by atoms with E-state index < -0.39 is 10.8 Å². The maximum absolute atomic E-state index is 2.55. The number of nitrogens with zero attached hydrogens (tertiary/aromatic N) is 2. The Morgan fingerprint density at radius 2 is 0.889 bits per heavy atom. The zero-order valence-electron chi connectivity index (χ0n) is 44.0. The number of hydrogen-bond acceptors (Lipinski definition) is 2. The third-order valence-corrected chi connectivity index (χ3v) is 19.6. The first-order valence-corrected chi connectivity index (χ1v) is 29.0. The molecule has 81 heavy (non-hydrogen) atoms. The van der Waals surface area contributed by atoms with Gasteiger partial charge < -0.3 is 9.47 Å². The number of thiophene rings is 1. The Bertz CT molecular complexity index is 5080. The van der Waals surface area contributed by atoms with Crippen molar-refractivity contribution in [1.82, 2.24) is 4.57 Å². The highest BCUT2D eigenvalue weighted by Gasteiger charge is 2.52. The minimum absolute atomic E-state index is 0.611. The van der Waals surface area contributed by atoms with Crippen LogP contribution in [0, 0.1) is 0 Å². The van der Waals surface area contributed by atoms with Gasteiger partial charge >= 0.3 is 0 Å². The van der Waals surface area contributed by atoms with E-state index >= 15 is 0 Å². The molecule has 3 heterocycles. The lowest BCUT2D eigenvalue weighted by molar-refractivity contribution is 0.748. The second-order valence-corrected chi connectivity index (χ2v) is 23.3. The van der Waals surface area contributed by atoms with Crippen molar-refractivity contribution in [2.24, 2.45) is 0 Å². The number of rotatable bonds is 6. The lowest BCUT2D eigenvalue weighted by atomic mass is 9.65. The molecule has 0 amide bonds. The molecular weight excluding hydrogens is 997 g/mol. The van der Waals surface area contributed by atoms with Crippen LogP contribution in [-0.2, 0) is 10.8 Å². The highest BCUT2D eigenvalue weighted by Crippen LogP contribution is 2.63. The normalized spacial score (nSPS) is 15.1. The lowest BCUT2D eigenvalue weighted by Crippen LogP contribution is -2.33. The van der Waals surface area contributed by atoms with E-state index in [1.165, 1.54) is 136 Å². The molecular formula is C78H48N2S. The largest absolute Gasteiger partial charge is 0.310 e. The third-order valence-electron chi connectivity index (χ3n) is 18.5. The molecule has 0 radical (unpaired) electrons. The number of hydrogen-bond donors (Lipinski definition) is 0. The fourth-order valence-corrected chi connectivity index (χ4v) is 16.4. The Labute approximate surface area is 473 Å². The second-order valence-electron chi connectivity index (χ2n) is 22.2. The van der Waals surface area contributed by atoms with Crippen LogP contribution in [-0.4, -0.2) is 4.57 Å². The summed E-state index contributed by atoms with van der Waals surface area (Å²) in [5.74, 6) is 0. The van der Waals surface area contributed by atoms with Gasteiger partial charge in [-0.1, -0.05) is 231 Å². The summed E-state index contributed by atoms with van der Waals surface area (Å²) in [5.41, 5.74) is 23.6. The van der Waals surface area contributed by atoms with Crippen LogP contribution in [0.25, 0.3) is 91.8 Å². The number of fused-ring (bicyclic) bond motifs is 20. The molecule has 15 aromatic rings. The van der Waals surface area contributed by atoms with Crippen molar-refractivity contribution in [3.05, 3.63) is 336 Å². The van der Waals surface area contributed by atoms with Crippen LogP contribution in [0.4, 0.5) is 17.1 Å². The van der Waals surface area contributed by atoms with E-state index in [1.54, 1.807) is 0 Å². The summed E-state index contributed by atoms with van der Waals surface area (Å²) in [6.07, 6.45) is 0. The number of para-hydroxylation sites is 3. The molecule has 13 aromatic carbocycles. The Hall–Kier alpha value is -10.1. The Balaban J connectivity index is 0.904. The second kappa shape index (κ2) is 16.7. The lowest BCUT2D eigenvalue weighted by Gasteiger charge is -2.40. The van der Waals surface area contributed by atoms with Crippen molar-refractivity contribution in [3.63, 3.8) is 0 Å². The first-order chi connectivity index (χ1) is 40.2. The summed E-state index contributed by atoms with van der Waals surface area (Å²) in [5, 5.41) is 7.69. The highest BCUT2D eigenvalue weighted by molar-refractivity contribution is 7.25. The molecule has 3 heteroatoms. The monoisotopic (exact) mass is 1040 g/mol. The number of anilines is 3. The summed E-state index contributed by atoms with van der Waals surface area (Å²) >= 11 is 1.87. The molecule has 3 aliphatic rings. The van der Waals surface area contributed by atoms with Crippen LogP contribution < -0.4 is 4.90 Å². The third kappa shape index (κ3) is 5.95. The minimum atomic E-state index is -0.612. The minimum Gasteiger partial charge on any atom is -0.310 e. The predicted molar refractivity (Wildman–Crippen MR) is 339 cm³/mol. The van der Waals surface area contributed by atoms with E-state index in [9.17, 15) is 0 Å². The van der Waals surface area contributed by atoms with Crippen molar-refractivity contribution >= 4 is 81.1 Å². The number of benzene rings is 13. The van der Waals surface area contributed by atoms with Gasteiger partial charge in [-0.2, -0.15) is 0 Å². The molecule has 376 valence electrons. The molecule has 0 saturated heterocycles. The summed E-state index contributed by atoms with van der Waals surface area (Å²) in [6.45, 7) is 0.